The van der Waals surface area contributed by atoms with Crippen molar-refractivity contribution in [1.82, 2.24) is 10.3 Å². The lowest BCUT2D eigenvalue weighted by Crippen LogP contribution is -2.43. The van der Waals surface area contributed by atoms with E-state index in [0.29, 0.717) is 11.5 Å². The van der Waals surface area contributed by atoms with Crippen LogP contribution in [0, 0.1) is 0 Å². The average Bonchev–Trinajstić information content (AvgIpc) is 3.17. The minimum absolute atomic E-state index is 0.102. The molecule has 3 aromatic rings. The van der Waals surface area contributed by atoms with Gasteiger partial charge in [0.15, 0.2) is 11.5 Å². The molecule has 1 heterocycles. The SMILES string of the molecule is COC(=O)C(Cc1c[nH]c2cc(OC)c(OC)cc12)NC(=O)OCc1ccccc1. The number of fused-ring (bicyclic) bond motifs is 1. The quantitative estimate of drug-likeness (QED) is 0.552. The third-order valence-electron chi connectivity index (χ3n) is 4.69. The molecule has 8 nitrogen and oxygen atoms in total. The lowest BCUT2D eigenvalue weighted by Gasteiger charge is -2.16. The molecule has 3 rings (SSSR count). The molecule has 0 aliphatic rings. The number of aromatic amines is 1. The molecule has 0 saturated heterocycles. The van der Waals surface area contributed by atoms with Crippen molar-refractivity contribution >= 4 is 23.0 Å². The van der Waals surface area contributed by atoms with Gasteiger partial charge in [0, 0.05) is 29.6 Å². The first kappa shape index (κ1) is 21.0. The van der Waals surface area contributed by atoms with Crippen LogP contribution in [0.2, 0.25) is 0 Å². The molecule has 8 heteroatoms. The summed E-state index contributed by atoms with van der Waals surface area (Å²) < 4.78 is 20.8. The maximum atomic E-state index is 12.3. The van der Waals surface area contributed by atoms with Crippen LogP contribution in [0.5, 0.6) is 11.5 Å². The molecule has 1 unspecified atom stereocenters. The lowest BCUT2D eigenvalue weighted by atomic mass is 10.0. The number of hydrogen-bond donors (Lipinski definition) is 2. The third kappa shape index (κ3) is 4.83. The Labute approximate surface area is 174 Å². The van der Waals surface area contributed by atoms with E-state index in [1.807, 2.05) is 42.5 Å². The number of rotatable bonds is 8. The second-order valence-corrected chi connectivity index (χ2v) is 6.55. The normalized spacial score (nSPS) is 11.6. The van der Waals surface area contributed by atoms with Crippen LogP contribution >= 0.6 is 0 Å². The minimum Gasteiger partial charge on any atom is -0.493 e. The van der Waals surface area contributed by atoms with Gasteiger partial charge in [-0.3, -0.25) is 0 Å². The van der Waals surface area contributed by atoms with Crippen molar-refractivity contribution in [3.8, 4) is 11.5 Å². The highest BCUT2D eigenvalue weighted by atomic mass is 16.6. The van der Waals surface area contributed by atoms with Gasteiger partial charge in [0.25, 0.3) is 0 Å². The van der Waals surface area contributed by atoms with Crippen LogP contribution in [-0.4, -0.2) is 44.4 Å². The van der Waals surface area contributed by atoms with Gasteiger partial charge in [0.1, 0.15) is 12.6 Å². The number of aromatic nitrogens is 1. The summed E-state index contributed by atoms with van der Waals surface area (Å²) in [6.07, 6.45) is 1.28. The fourth-order valence-electron chi connectivity index (χ4n) is 3.14. The summed E-state index contributed by atoms with van der Waals surface area (Å²) in [5.41, 5.74) is 2.47. The highest BCUT2D eigenvalue weighted by Gasteiger charge is 2.24. The van der Waals surface area contributed by atoms with Crippen LogP contribution < -0.4 is 14.8 Å². The molecular formula is C22H24N2O6. The summed E-state index contributed by atoms with van der Waals surface area (Å²) in [6, 6.07) is 12.0. The molecule has 1 atom stereocenters. The number of methoxy groups -OCH3 is 3. The molecule has 158 valence electrons. The van der Waals surface area contributed by atoms with Gasteiger partial charge in [-0.2, -0.15) is 0 Å². The number of benzene rings is 2. The molecule has 0 spiro atoms. The van der Waals surface area contributed by atoms with Gasteiger partial charge in [0.05, 0.1) is 21.3 Å². The van der Waals surface area contributed by atoms with Gasteiger partial charge >= 0.3 is 12.1 Å². The molecule has 0 aliphatic carbocycles. The molecule has 0 radical (unpaired) electrons. The minimum atomic E-state index is -0.912. The second kappa shape index (κ2) is 9.69. The Hall–Kier alpha value is -3.68. The van der Waals surface area contributed by atoms with Crippen molar-refractivity contribution < 1.29 is 28.5 Å². The van der Waals surface area contributed by atoms with Crippen LogP contribution in [-0.2, 0) is 27.3 Å². The molecule has 30 heavy (non-hydrogen) atoms. The third-order valence-corrected chi connectivity index (χ3v) is 4.69. The maximum absolute atomic E-state index is 12.3. The number of alkyl carbamates (subject to hydrolysis) is 1. The summed E-state index contributed by atoms with van der Waals surface area (Å²) in [4.78, 5) is 27.6. The zero-order valence-electron chi connectivity index (χ0n) is 17.1. The van der Waals surface area contributed by atoms with Crippen LogP contribution in [0.1, 0.15) is 11.1 Å². The summed E-state index contributed by atoms with van der Waals surface area (Å²) >= 11 is 0. The smallest absolute Gasteiger partial charge is 0.408 e. The van der Waals surface area contributed by atoms with Gasteiger partial charge in [0.2, 0.25) is 0 Å². The number of carbonyl (C=O) groups is 2. The number of esters is 1. The molecule has 0 bridgehead atoms. The predicted molar refractivity (Wildman–Crippen MR) is 111 cm³/mol. The zero-order chi connectivity index (χ0) is 21.5. The first-order valence-electron chi connectivity index (χ1n) is 9.32. The van der Waals surface area contributed by atoms with E-state index in [2.05, 4.69) is 10.3 Å². The summed E-state index contributed by atoms with van der Waals surface area (Å²) in [5, 5.41) is 3.43. The number of amides is 1. The van der Waals surface area contributed by atoms with E-state index in [9.17, 15) is 9.59 Å². The fraction of sp³-hybridized carbons (Fsp3) is 0.273. The van der Waals surface area contributed by atoms with E-state index in [1.165, 1.54) is 7.11 Å². The van der Waals surface area contributed by atoms with E-state index >= 15 is 0 Å². The monoisotopic (exact) mass is 412 g/mol. The Balaban J connectivity index is 1.74. The van der Waals surface area contributed by atoms with Crippen molar-refractivity contribution in [3.63, 3.8) is 0 Å². The fourth-order valence-corrected chi connectivity index (χ4v) is 3.14. The average molecular weight is 412 g/mol. The largest absolute Gasteiger partial charge is 0.493 e. The first-order valence-corrected chi connectivity index (χ1v) is 9.32. The predicted octanol–water partition coefficient (Wildman–Crippen LogP) is 3.20. The van der Waals surface area contributed by atoms with Crippen LogP contribution in [0.25, 0.3) is 10.9 Å². The first-order chi connectivity index (χ1) is 14.5. The molecule has 1 aromatic heterocycles. The van der Waals surface area contributed by atoms with Crippen molar-refractivity contribution in [2.24, 2.45) is 0 Å². The van der Waals surface area contributed by atoms with Gasteiger partial charge in [-0.15, -0.1) is 0 Å². The molecular weight excluding hydrogens is 388 g/mol. The topological polar surface area (TPSA) is 98.9 Å². The molecule has 2 aromatic carbocycles. The van der Waals surface area contributed by atoms with Gasteiger partial charge in [-0.25, -0.2) is 9.59 Å². The van der Waals surface area contributed by atoms with E-state index < -0.39 is 18.1 Å². The van der Waals surface area contributed by atoms with Gasteiger partial charge in [-0.1, -0.05) is 30.3 Å². The van der Waals surface area contributed by atoms with E-state index in [1.54, 1.807) is 20.4 Å². The highest BCUT2D eigenvalue weighted by molar-refractivity contribution is 5.88. The van der Waals surface area contributed by atoms with E-state index in [4.69, 9.17) is 18.9 Å². The van der Waals surface area contributed by atoms with Crippen molar-refractivity contribution in [2.45, 2.75) is 19.1 Å². The number of nitrogens with one attached hydrogen (secondary N) is 2. The van der Waals surface area contributed by atoms with Crippen LogP contribution in [0.3, 0.4) is 0 Å². The number of H-pyrrole nitrogens is 1. The van der Waals surface area contributed by atoms with Gasteiger partial charge < -0.3 is 29.2 Å². The summed E-state index contributed by atoms with van der Waals surface area (Å²) in [6.45, 7) is 0.102. The highest BCUT2D eigenvalue weighted by Crippen LogP contribution is 2.33. The molecule has 0 fully saturated rings. The maximum Gasteiger partial charge on any atom is 0.408 e. The Morgan fingerprint density at radius 3 is 2.40 bits per heavy atom. The Bertz CT molecular complexity index is 1020. The molecule has 0 aliphatic heterocycles. The van der Waals surface area contributed by atoms with E-state index in [0.717, 1.165) is 22.0 Å². The number of carbonyl (C=O) groups excluding carboxylic acids is 2. The molecule has 1 amide bonds. The number of hydrogen-bond acceptors (Lipinski definition) is 6. The second-order valence-electron chi connectivity index (χ2n) is 6.55. The summed E-state index contributed by atoms with van der Waals surface area (Å²) in [5.74, 6) is 0.586. The number of ether oxygens (including phenoxy) is 4. The van der Waals surface area contributed by atoms with Crippen molar-refractivity contribution in [2.75, 3.05) is 21.3 Å². The van der Waals surface area contributed by atoms with Crippen molar-refractivity contribution in [3.05, 3.63) is 59.8 Å². The molecule has 0 saturated carbocycles. The van der Waals surface area contributed by atoms with Crippen molar-refractivity contribution in [1.29, 1.82) is 0 Å². The summed E-state index contributed by atoms with van der Waals surface area (Å²) in [7, 11) is 4.39. The Morgan fingerprint density at radius 2 is 1.73 bits per heavy atom. The molecule has 2 N–H and O–H groups in total. The zero-order valence-corrected chi connectivity index (χ0v) is 17.1. The van der Waals surface area contributed by atoms with E-state index in [-0.39, 0.29) is 13.0 Å². The lowest BCUT2D eigenvalue weighted by molar-refractivity contribution is -0.142. The van der Waals surface area contributed by atoms with Crippen LogP contribution in [0.15, 0.2) is 48.7 Å². The van der Waals surface area contributed by atoms with Gasteiger partial charge in [-0.05, 0) is 17.2 Å². The Morgan fingerprint density at radius 1 is 1.03 bits per heavy atom. The Kier molecular flexibility index (Phi) is 6.79. The van der Waals surface area contributed by atoms with Crippen LogP contribution in [0.4, 0.5) is 4.79 Å². The standard InChI is InChI=1S/C22H24N2O6/c1-27-19-10-16-15(12-23-17(16)11-20(19)28-2)9-18(21(25)29-3)24-22(26)30-13-14-7-5-4-6-8-14/h4-8,10-12,18,23H,9,13H2,1-3H3,(H,24,26).